The molecular weight excluding hydrogens is 480 g/mol. The van der Waals surface area contributed by atoms with Crippen LogP contribution >= 0.6 is 0 Å². The number of hydrogen-bond acceptors (Lipinski definition) is 3. The molecule has 0 saturated carbocycles. The molecule has 0 saturated heterocycles. The summed E-state index contributed by atoms with van der Waals surface area (Å²) in [6, 6.07) is 42.4. The van der Waals surface area contributed by atoms with Gasteiger partial charge in [0.2, 0.25) is 0 Å². The largest absolute Gasteiger partial charge is 2.00 e. The van der Waals surface area contributed by atoms with E-state index in [1.807, 2.05) is 72.8 Å². The van der Waals surface area contributed by atoms with Gasteiger partial charge in [0, 0.05) is 21.7 Å². The van der Waals surface area contributed by atoms with Gasteiger partial charge in [-0.15, -0.1) is 0 Å². The minimum Gasteiger partial charge on any atom is -0.508 e. The maximum absolute atomic E-state index is 8.63. The maximum atomic E-state index is 8.63. The van der Waals surface area contributed by atoms with Crippen LogP contribution in [0.5, 0.6) is 11.5 Å². The molecule has 0 aliphatic heterocycles. The van der Waals surface area contributed by atoms with Crippen molar-refractivity contribution in [1.29, 1.82) is 0 Å². The molecule has 0 radical (unpaired) electrons. The monoisotopic (exact) mass is 512 g/mol. The zero-order valence-corrected chi connectivity index (χ0v) is 22.5. The van der Waals surface area contributed by atoms with E-state index in [1.165, 1.54) is 0 Å². The van der Waals surface area contributed by atoms with Crippen molar-refractivity contribution < 1.29 is 58.8 Å². The van der Waals surface area contributed by atoms with Crippen LogP contribution in [-0.4, -0.2) is 20.9 Å². The molecule has 4 aromatic carbocycles. The van der Waals surface area contributed by atoms with E-state index in [9.17, 15) is 0 Å². The maximum Gasteiger partial charge on any atom is 2.00 e. The number of hydrogen-bond donors (Lipinski definition) is 3. The number of aliphatic hydroxyl groups is 1. The van der Waals surface area contributed by atoms with E-state index < -0.39 is 5.60 Å². The van der Waals surface area contributed by atoms with Crippen molar-refractivity contribution in [1.82, 2.24) is 0 Å². The molecule has 0 aliphatic rings. The molecule has 4 rings (SSSR count). The molecule has 33 heavy (non-hydrogen) atoms. The Balaban J connectivity index is -0.000000338. The van der Waals surface area contributed by atoms with Gasteiger partial charge in [-0.1, -0.05) is 36.4 Å². The van der Waals surface area contributed by atoms with Crippen molar-refractivity contribution in [3.05, 3.63) is 133 Å². The standard InChI is InChI=1S/2C6H6O.2C6H5.C4H10O.2Ti/c2*7-6-4-2-1-3-5-6;2*1-2-4-6-5-3-1;1-4(2,3)5;;/h2*1-5,7H;2*1-5H;5H,1-3H3;;/q;;2*-1;;;+2. The first-order valence-corrected chi connectivity index (χ1v) is 9.81. The summed E-state index contributed by atoms with van der Waals surface area (Å²) in [5.41, 5.74) is -0.500. The van der Waals surface area contributed by atoms with E-state index in [1.54, 1.807) is 69.3 Å². The van der Waals surface area contributed by atoms with Gasteiger partial charge in [-0.05, 0) is 45.0 Å². The normalized spacial score (nSPS) is 8.36. The van der Waals surface area contributed by atoms with Gasteiger partial charge in [0.05, 0.1) is 5.60 Å². The molecule has 170 valence electrons. The summed E-state index contributed by atoms with van der Waals surface area (Å²) in [6.45, 7) is 5.23. The van der Waals surface area contributed by atoms with E-state index in [2.05, 4.69) is 12.1 Å². The van der Waals surface area contributed by atoms with Crippen molar-refractivity contribution in [3.63, 3.8) is 0 Å². The number of benzene rings is 4. The quantitative estimate of drug-likeness (QED) is 0.186. The third-order valence-electron chi connectivity index (χ3n) is 2.73. The fraction of sp³-hybridized carbons (Fsp3) is 0.143. The van der Waals surface area contributed by atoms with Crippen molar-refractivity contribution in [2.24, 2.45) is 0 Å². The van der Waals surface area contributed by atoms with Crippen LogP contribution in [0.4, 0.5) is 0 Å². The van der Waals surface area contributed by atoms with Gasteiger partial charge in [-0.25, -0.2) is 0 Å². The Kier molecular flexibility index (Phi) is 26.3. The number of aromatic hydroxyl groups is 2. The summed E-state index contributed by atoms with van der Waals surface area (Å²) in [7, 11) is 0. The molecule has 0 unspecified atom stereocenters. The summed E-state index contributed by atoms with van der Waals surface area (Å²) in [4.78, 5) is 0. The first-order valence-electron chi connectivity index (χ1n) is 9.81. The molecule has 0 aliphatic carbocycles. The number of phenolic OH excluding ortho intramolecular Hbond substituents is 2. The third-order valence-corrected chi connectivity index (χ3v) is 2.73. The molecule has 0 fully saturated rings. The Labute approximate surface area is 228 Å². The molecule has 0 spiro atoms. The van der Waals surface area contributed by atoms with Gasteiger partial charge in [-0.2, -0.15) is 72.8 Å². The summed E-state index contributed by atoms with van der Waals surface area (Å²) in [6.07, 6.45) is 0. The van der Waals surface area contributed by atoms with Crippen LogP contribution in [0, 0.1) is 12.1 Å². The molecule has 0 heterocycles. The zero-order chi connectivity index (χ0) is 23.2. The predicted molar refractivity (Wildman–Crippen MR) is 129 cm³/mol. The topological polar surface area (TPSA) is 60.7 Å². The minimum absolute atomic E-state index is 0. The molecule has 0 amide bonds. The van der Waals surface area contributed by atoms with Gasteiger partial charge in [-0.3, -0.25) is 0 Å². The second-order valence-electron chi connectivity index (χ2n) is 7.00. The fourth-order valence-corrected chi connectivity index (χ4v) is 1.54. The van der Waals surface area contributed by atoms with E-state index in [0.29, 0.717) is 11.5 Å². The van der Waals surface area contributed by atoms with Gasteiger partial charge < -0.3 is 15.3 Å². The van der Waals surface area contributed by atoms with Crippen LogP contribution in [0.1, 0.15) is 20.8 Å². The molecule has 3 N–H and O–H groups in total. The third kappa shape index (κ3) is 34.7. The first-order chi connectivity index (χ1) is 14.8. The molecular formula is C28H32O3Ti2. The summed E-state index contributed by atoms with van der Waals surface area (Å²) in [5.74, 6) is 0.644. The first kappa shape index (κ1) is 35.5. The zero-order valence-electron chi connectivity index (χ0n) is 19.4. The van der Waals surface area contributed by atoms with Gasteiger partial charge in [0.15, 0.2) is 0 Å². The number of para-hydroxylation sites is 2. The van der Waals surface area contributed by atoms with Crippen molar-refractivity contribution in [2.45, 2.75) is 26.4 Å². The minimum atomic E-state index is -0.500. The Morgan fingerprint density at radius 2 is 0.727 bits per heavy atom. The second-order valence-corrected chi connectivity index (χ2v) is 7.00. The Bertz CT molecular complexity index is 711. The van der Waals surface area contributed by atoms with Crippen LogP contribution in [0.2, 0.25) is 0 Å². The Morgan fingerprint density at radius 1 is 0.515 bits per heavy atom. The van der Waals surface area contributed by atoms with E-state index in [-0.39, 0.29) is 43.4 Å². The fourth-order valence-electron chi connectivity index (χ4n) is 1.54. The van der Waals surface area contributed by atoms with Gasteiger partial charge >= 0.3 is 21.7 Å². The molecule has 3 nitrogen and oxygen atoms in total. The average molecular weight is 512 g/mol. The van der Waals surface area contributed by atoms with Gasteiger partial charge in [0.25, 0.3) is 0 Å². The number of phenols is 2. The summed E-state index contributed by atoms with van der Waals surface area (Å²) in [5, 5.41) is 25.8. The number of rotatable bonds is 0. The smallest absolute Gasteiger partial charge is 0.508 e. The van der Waals surface area contributed by atoms with Crippen LogP contribution < -0.4 is 0 Å². The molecule has 5 heteroatoms. The van der Waals surface area contributed by atoms with E-state index in [0.717, 1.165) is 0 Å². The van der Waals surface area contributed by atoms with Crippen LogP contribution in [0.15, 0.2) is 121 Å². The predicted octanol–water partition coefficient (Wildman–Crippen LogP) is 6.53. The summed E-state index contributed by atoms with van der Waals surface area (Å²) >= 11 is 0. The molecule has 0 atom stereocenters. The average Bonchev–Trinajstić information content (AvgIpc) is 2.78. The van der Waals surface area contributed by atoms with E-state index in [4.69, 9.17) is 15.3 Å². The van der Waals surface area contributed by atoms with Crippen molar-refractivity contribution >= 4 is 0 Å². The van der Waals surface area contributed by atoms with Crippen LogP contribution in [0.25, 0.3) is 0 Å². The molecule has 0 bridgehead atoms. The molecule has 4 aromatic rings. The Hall–Kier alpha value is -2.13. The van der Waals surface area contributed by atoms with Crippen LogP contribution in [-0.2, 0) is 43.4 Å². The van der Waals surface area contributed by atoms with Crippen molar-refractivity contribution in [2.75, 3.05) is 0 Å². The Morgan fingerprint density at radius 3 is 0.818 bits per heavy atom. The van der Waals surface area contributed by atoms with Gasteiger partial charge in [0.1, 0.15) is 11.5 Å². The second kappa shape index (κ2) is 24.5. The van der Waals surface area contributed by atoms with E-state index >= 15 is 0 Å². The SMILES string of the molecule is CC(C)(C)O.Oc1ccccc1.Oc1ccccc1.[Ti+2].[Ti].[c-]1ccccc1.[c-]1ccccc1. The summed E-state index contributed by atoms with van der Waals surface area (Å²) < 4.78 is 0. The van der Waals surface area contributed by atoms with Crippen molar-refractivity contribution in [3.8, 4) is 11.5 Å². The molecule has 0 aromatic heterocycles. The van der Waals surface area contributed by atoms with Crippen LogP contribution in [0.3, 0.4) is 0 Å².